The van der Waals surface area contributed by atoms with Crippen molar-refractivity contribution in [1.29, 1.82) is 0 Å². The summed E-state index contributed by atoms with van der Waals surface area (Å²) in [5.74, 6) is 2.19. The molecule has 4 nitrogen and oxygen atoms in total. The van der Waals surface area contributed by atoms with Gasteiger partial charge in [-0.3, -0.25) is 4.79 Å². The Morgan fingerprint density at radius 1 is 1.27 bits per heavy atom. The van der Waals surface area contributed by atoms with E-state index in [2.05, 4.69) is 19.1 Å². The molecule has 0 aromatic rings. The molecule has 1 aliphatic heterocycles. The molecule has 6 heteroatoms. The van der Waals surface area contributed by atoms with Crippen molar-refractivity contribution in [3.63, 3.8) is 0 Å². The van der Waals surface area contributed by atoms with Crippen LogP contribution in [0.25, 0.3) is 0 Å². The Bertz CT molecular complexity index is 475. The van der Waals surface area contributed by atoms with E-state index in [1.165, 1.54) is 18.6 Å². The third-order valence-corrected chi connectivity index (χ3v) is 8.71. The van der Waals surface area contributed by atoms with Crippen molar-refractivity contribution in [3.8, 4) is 0 Å². The van der Waals surface area contributed by atoms with Gasteiger partial charge < -0.3 is 14.2 Å². The Balaban J connectivity index is 1.99. The van der Waals surface area contributed by atoms with Crippen LogP contribution in [0.15, 0.2) is 12.2 Å². The van der Waals surface area contributed by atoms with Crippen molar-refractivity contribution in [2.75, 3.05) is 32.5 Å². The maximum atomic E-state index is 12.7. The lowest BCUT2D eigenvalue weighted by Crippen LogP contribution is -2.53. The van der Waals surface area contributed by atoms with Gasteiger partial charge in [0.15, 0.2) is 0 Å². The molecule has 0 aromatic carbocycles. The first kappa shape index (κ1) is 16.7. The van der Waals surface area contributed by atoms with Gasteiger partial charge in [0.25, 0.3) is 0 Å². The third kappa shape index (κ3) is 2.34. The predicted molar refractivity (Wildman–Crippen MR) is 89.9 cm³/mol. The molecule has 22 heavy (non-hydrogen) atoms. The van der Waals surface area contributed by atoms with E-state index in [1.54, 1.807) is 7.11 Å². The topological polar surface area (TPSA) is 44.8 Å². The number of ether oxygens (including phenoxy) is 3. The van der Waals surface area contributed by atoms with Gasteiger partial charge in [0.05, 0.1) is 17.3 Å². The number of carbonyl (C=O) groups is 1. The molecular weight excluding hydrogens is 320 g/mol. The zero-order chi connectivity index (χ0) is 15.8. The maximum absolute atomic E-state index is 12.7. The highest BCUT2D eigenvalue weighted by Gasteiger charge is 2.66. The number of fused-ring (bicyclic) bond motifs is 1. The van der Waals surface area contributed by atoms with Crippen LogP contribution in [0.1, 0.15) is 26.2 Å². The zero-order valence-electron chi connectivity index (χ0n) is 13.4. The van der Waals surface area contributed by atoms with Crippen molar-refractivity contribution in [2.45, 2.75) is 36.4 Å². The molecule has 0 unspecified atom stereocenters. The second kappa shape index (κ2) is 6.04. The van der Waals surface area contributed by atoms with Gasteiger partial charge in [-0.1, -0.05) is 19.1 Å². The molecule has 3 rings (SSSR count). The summed E-state index contributed by atoms with van der Waals surface area (Å²) >= 11 is 4.02. The van der Waals surface area contributed by atoms with E-state index < -0.39 is 5.41 Å². The van der Waals surface area contributed by atoms with Crippen LogP contribution < -0.4 is 0 Å². The Morgan fingerprint density at radius 3 is 2.64 bits per heavy atom. The Labute approximate surface area is 140 Å². The van der Waals surface area contributed by atoms with E-state index in [4.69, 9.17) is 14.2 Å². The van der Waals surface area contributed by atoms with Crippen molar-refractivity contribution in [2.24, 2.45) is 10.8 Å². The lowest BCUT2D eigenvalue weighted by atomic mass is 9.60. The number of thioether (sulfide) groups is 2. The van der Waals surface area contributed by atoms with Crippen molar-refractivity contribution >= 4 is 29.5 Å². The van der Waals surface area contributed by atoms with E-state index in [9.17, 15) is 4.79 Å². The molecule has 1 heterocycles. The third-order valence-electron chi connectivity index (χ3n) is 5.39. The molecule has 124 valence electrons. The van der Waals surface area contributed by atoms with Gasteiger partial charge in [0.1, 0.15) is 12.2 Å². The summed E-state index contributed by atoms with van der Waals surface area (Å²) < 4.78 is 16.3. The summed E-state index contributed by atoms with van der Waals surface area (Å²) in [4.78, 5) is 12.7. The molecule has 2 aliphatic carbocycles. The fourth-order valence-corrected chi connectivity index (χ4v) is 7.69. The standard InChI is InChI=1S/C16H24O4S2/c1-14-5-4-12(20-11-18-2)16(14,13(17)19-3)7-6-15(10-14)21-8-9-22-15/h6-7,12H,4-5,8-11H2,1-3H3/t12-,14-,16-/m0/s1. The van der Waals surface area contributed by atoms with Crippen molar-refractivity contribution in [1.82, 2.24) is 0 Å². The largest absolute Gasteiger partial charge is 0.468 e. The number of esters is 1. The predicted octanol–water partition coefficient (Wildman–Crippen LogP) is 3.07. The first-order valence-corrected chi connectivity index (χ1v) is 9.66. The van der Waals surface area contributed by atoms with E-state index in [0.717, 1.165) is 19.3 Å². The molecule has 2 fully saturated rings. The highest BCUT2D eigenvalue weighted by atomic mass is 32.2. The summed E-state index contributed by atoms with van der Waals surface area (Å²) in [6.07, 6.45) is 7.00. The van der Waals surface area contributed by atoms with Crippen LogP contribution in [-0.2, 0) is 19.0 Å². The second-order valence-corrected chi connectivity index (χ2v) is 9.65. The summed E-state index contributed by atoms with van der Waals surface area (Å²) in [5.41, 5.74) is -0.813. The van der Waals surface area contributed by atoms with Crippen LogP contribution in [0.5, 0.6) is 0 Å². The first-order valence-electron chi connectivity index (χ1n) is 7.69. The minimum Gasteiger partial charge on any atom is -0.468 e. The minimum atomic E-state index is -0.685. The van der Waals surface area contributed by atoms with Crippen molar-refractivity contribution < 1.29 is 19.0 Å². The van der Waals surface area contributed by atoms with Gasteiger partial charge in [-0.25, -0.2) is 0 Å². The van der Waals surface area contributed by atoms with E-state index >= 15 is 0 Å². The number of rotatable bonds is 4. The van der Waals surface area contributed by atoms with Gasteiger partial charge >= 0.3 is 5.97 Å². The lowest BCUT2D eigenvalue weighted by molar-refractivity contribution is -0.172. The number of methoxy groups -OCH3 is 2. The molecule has 0 bridgehead atoms. The minimum absolute atomic E-state index is 0.127. The van der Waals surface area contributed by atoms with Gasteiger partial charge in [0, 0.05) is 18.6 Å². The lowest BCUT2D eigenvalue weighted by Gasteiger charge is -2.49. The average Bonchev–Trinajstić information content (AvgIpc) is 3.07. The molecule has 1 saturated heterocycles. The van der Waals surface area contributed by atoms with Crippen molar-refractivity contribution in [3.05, 3.63) is 12.2 Å². The Hall–Kier alpha value is -0.170. The van der Waals surface area contributed by atoms with E-state index in [-0.39, 0.29) is 28.4 Å². The summed E-state index contributed by atoms with van der Waals surface area (Å²) in [7, 11) is 3.08. The molecule has 1 saturated carbocycles. The quantitative estimate of drug-likeness (QED) is 0.444. The fraction of sp³-hybridized carbons (Fsp3) is 0.812. The highest BCUT2D eigenvalue weighted by molar-refractivity contribution is 8.21. The summed E-state index contributed by atoms with van der Waals surface area (Å²) in [6.45, 7) is 2.44. The molecule has 3 atom stereocenters. The van der Waals surface area contributed by atoms with Gasteiger partial charge in [0.2, 0.25) is 0 Å². The molecule has 1 spiro atoms. The van der Waals surface area contributed by atoms with Crippen LogP contribution in [-0.4, -0.2) is 48.7 Å². The van der Waals surface area contributed by atoms with Crippen LogP contribution >= 0.6 is 23.5 Å². The SMILES string of the molecule is COCO[C@H]1CC[C@@]2(C)CC3(C=C[C@@]12C(=O)OC)SCCS3. The van der Waals surface area contributed by atoms with E-state index in [0.29, 0.717) is 0 Å². The molecule has 0 aromatic heterocycles. The Kier molecular flexibility index (Phi) is 4.58. The van der Waals surface area contributed by atoms with Gasteiger partial charge in [-0.05, 0) is 24.7 Å². The van der Waals surface area contributed by atoms with Crippen LogP contribution in [0, 0.1) is 10.8 Å². The van der Waals surface area contributed by atoms with Gasteiger partial charge in [-0.15, -0.1) is 23.5 Å². The van der Waals surface area contributed by atoms with Gasteiger partial charge in [-0.2, -0.15) is 0 Å². The van der Waals surface area contributed by atoms with Crippen LogP contribution in [0.2, 0.25) is 0 Å². The molecule has 0 amide bonds. The first-order chi connectivity index (χ1) is 10.5. The molecular formula is C16H24O4S2. The second-order valence-electron chi connectivity index (χ2n) is 6.54. The monoisotopic (exact) mass is 344 g/mol. The average molecular weight is 344 g/mol. The Morgan fingerprint density at radius 2 is 2.00 bits per heavy atom. The number of carbonyl (C=O) groups excluding carboxylic acids is 1. The van der Waals surface area contributed by atoms with E-state index in [1.807, 2.05) is 23.5 Å². The van der Waals surface area contributed by atoms with Crippen LogP contribution in [0.4, 0.5) is 0 Å². The molecule has 3 aliphatic rings. The smallest absolute Gasteiger partial charge is 0.318 e. The fourth-order valence-electron chi connectivity index (χ4n) is 4.33. The maximum Gasteiger partial charge on any atom is 0.318 e. The zero-order valence-corrected chi connectivity index (χ0v) is 15.1. The summed E-state index contributed by atoms with van der Waals surface area (Å²) in [5, 5.41) is 0. The normalized spacial score (nSPS) is 39.1. The number of hydrogen-bond donors (Lipinski definition) is 0. The number of hydrogen-bond acceptors (Lipinski definition) is 6. The molecule has 0 N–H and O–H groups in total. The highest BCUT2D eigenvalue weighted by Crippen LogP contribution is 2.66. The molecule has 0 radical (unpaired) electrons. The summed E-state index contributed by atoms with van der Waals surface area (Å²) in [6, 6.07) is 0. The van der Waals surface area contributed by atoms with Crippen LogP contribution in [0.3, 0.4) is 0 Å².